The molecule has 0 bridgehead atoms. The number of nitrogens with one attached hydrogen (secondary N) is 1. The first-order valence-electron chi connectivity index (χ1n) is 2.49. The molecule has 0 fully saturated rings. The van der Waals surface area contributed by atoms with Crippen molar-refractivity contribution >= 4 is 34.8 Å². The Bertz CT molecular complexity index is 304. The number of halogens is 3. The Morgan fingerprint density at radius 3 is 2.45 bits per heavy atom. The lowest BCUT2D eigenvalue weighted by Gasteiger charge is -2.05. The zero-order chi connectivity index (χ0) is 8.48. The second-order valence-corrected chi connectivity index (χ2v) is 3.92. The maximum Gasteiger partial charge on any atom is 0.347 e. The van der Waals surface area contributed by atoms with Gasteiger partial charge in [0.15, 0.2) is 5.82 Å². The molecule has 0 spiro atoms. The lowest BCUT2D eigenvalue weighted by atomic mass is 10.7. The van der Waals surface area contributed by atoms with Crippen LogP contribution in [-0.4, -0.2) is 15.0 Å². The van der Waals surface area contributed by atoms with Crippen LogP contribution in [0.15, 0.2) is 11.1 Å². The minimum atomic E-state index is -1.74. The van der Waals surface area contributed by atoms with Crippen molar-refractivity contribution in [1.82, 2.24) is 15.0 Å². The van der Waals surface area contributed by atoms with Crippen LogP contribution in [0.25, 0.3) is 0 Å². The van der Waals surface area contributed by atoms with E-state index in [1.165, 1.54) is 0 Å². The van der Waals surface area contributed by atoms with Gasteiger partial charge < -0.3 is 0 Å². The molecule has 0 atom stereocenters. The number of H-pyrrole nitrogens is 1. The van der Waals surface area contributed by atoms with Crippen molar-refractivity contribution in [2.75, 3.05) is 0 Å². The van der Waals surface area contributed by atoms with Crippen molar-refractivity contribution in [3.63, 3.8) is 0 Å². The Hall–Kier alpha value is -0.320. The maximum absolute atomic E-state index is 10.6. The Morgan fingerprint density at radius 1 is 1.45 bits per heavy atom. The van der Waals surface area contributed by atoms with E-state index in [9.17, 15) is 4.79 Å². The van der Waals surface area contributed by atoms with E-state index in [4.69, 9.17) is 34.8 Å². The van der Waals surface area contributed by atoms with E-state index in [1.54, 1.807) is 0 Å². The first-order valence-corrected chi connectivity index (χ1v) is 3.62. The van der Waals surface area contributed by atoms with E-state index >= 15 is 0 Å². The minimum absolute atomic E-state index is 0.133. The molecule has 0 unspecified atom stereocenters. The minimum Gasteiger partial charge on any atom is -0.296 e. The molecule has 0 radical (unpaired) electrons. The van der Waals surface area contributed by atoms with Gasteiger partial charge in [0.1, 0.15) is 0 Å². The molecule has 1 aromatic heterocycles. The van der Waals surface area contributed by atoms with Gasteiger partial charge >= 0.3 is 5.69 Å². The van der Waals surface area contributed by atoms with Crippen LogP contribution in [0.1, 0.15) is 5.82 Å². The lowest BCUT2D eigenvalue weighted by molar-refractivity contribution is 0.880. The van der Waals surface area contributed by atoms with Crippen molar-refractivity contribution in [2.24, 2.45) is 0 Å². The quantitative estimate of drug-likeness (QED) is 0.655. The Labute approximate surface area is 76.5 Å². The zero-order valence-corrected chi connectivity index (χ0v) is 7.28. The topological polar surface area (TPSA) is 58.6 Å². The third-order valence-corrected chi connectivity index (χ3v) is 1.34. The highest BCUT2D eigenvalue weighted by Gasteiger charge is 2.26. The van der Waals surface area contributed by atoms with Crippen molar-refractivity contribution in [3.05, 3.63) is 22.6 Å². The van der Waals surface area contributed by atoms with Gasteiger partial charge in [0.05, 0.1) is 6.33 Å². The summed E-state index contributed by atoms with van der Waals surface area (Å²) >= 11 is 16.2. The van der Waals surface area contributed by atoms with Crippen LogP contribution in [0.5, 0.6) is 0 Å². The smallest absolute Gasteiger partial charge is 0.296 e. The van der Waals surface area contributed by atoms with Gasteiger partial charge in [-0.2, -0.15) is 4.98 Å². The number of hydrogen-bond donors (Lipinski definition) is 1. The molecule has 60 valence electrons. The summed E-state index contributed by atoms with van der Waals surface area (Å²) in [5.41, 5.74) is -0.596. The number of nitrogens with zero attached hydrogens (tertiary/aromatic N) is 2. The number of hydrogen-bond acceptors (Lipinski definition) is 3. The number of alkyl halides is 3. The highest BCUT2D eigenvalue weighted by Crippen LogP contribution is 2.34. The second-order valence-electron chi connectivity index (χ2n) is 1.64. The van der Waals surface area contributed by atoms with Crippen LogP contribution in [0, 0.1) is 0 Å². The third-order valence-electron chi connectivity index (χ3n) is 0.836. The van der Waals surface area contributed by atoms with Crippen LogP contribution in [0.2, 0.25) is 0 Å². The fourth-order valence-corrected chi connectivity index (χ4v) is 0.716. The monoisotopic (exact) mass is 213 g/mol. The summed E-state index contributed by atoms with van der Waals surface area (Å²) in [5.74, 6) is -0.133. The summed E-state index contributed by atoms with van der Waals surface area (Å²) in [6.45, 7) is 0. The summed E-state index contributed by atoms with van der Waals surface area (Å²) in [6.07, 6.45) is 1.12. The van der Waals surface area contributed by atoms with E-state index in [-0.39, 0.29) is 5.82 Å². The third kappa shape index (κ3) is 2.32. The molecule has 0 aliphatic carbocycles. The first-order chi connectivity index (χ1) is 5.00. The van der Waals surface area contributed by atoms with Crippen LogP contribution in [0.4, 0.5) is 0 Å². The van der Waals surface area contributed by atoms with Gasteiger partial charge in [-0.25, -0.2) is 9.78 Å². The maximum atomic E-state index is 10.6. The lowest BCUT2D eigenvalue weighted by Crippen LogP contribution is -2.18. The highest BCUT2D eigenvalue weighted by molar-refractivity contribution is 6.66. The first kappa shape index (κ1) is 8.77. The van der Waals surface area contributed by atoms with E-state index < -0.39 is 9.48 Å². The van der Waals surface area contributed by atoms with Gasteiger partial charge in [-0.1, -0.05) is 34.8 Å². The fourth-order valence-electron chi connectivity index (χ4n) is 0.443. The molecule has 0 saturated heterocycles. The van der Waals surface area contributed by atoms with Crippen LogP contribution < -0.4 is 5.69 Å². The van der Waals surface area contributed by atoms with Crippen LogP contribution in [-0.2, 0) is 3.79 Å². The predicted octanol–water partition coefficient (Wildman–Crippen LogP) is 0.992. The molecular weight excluding hydrogens is 212 g/mol. The average Bonchev–Trinajstić information content (AvgIpc) is 1.86. The van der Waals surface area contributed by atoms with E-state index in [2.05, 4.69) is 15.0 Å². The summed E-state index contributed by atoms with van der Waals surface area (Å²) in [4.78, 5) is 19.6. The van der Waals surface area contributed by atoms with Crippen molar-refractivity contribution < 1.29 is 0 Å². The van der Waals surface area contributed by atoms with Crippen molar-refractivity contribution in [1.29, 1.82) is 0 Å². The van der Waals surface area contributed by atoms with E-state index in [1.807, 2.05) is 0 Å². The van der Waals surface area contributed by atoms with Gasteiger partial charge in [0.25, 0.3) is 0 Å². The molecule has 7 heteroatoms. The number of aromatic amines is 1. The van der Waals surface area contributed by atoms with Gasteiger partial charge in [-0.05, 0) is 0 Å². The number of aromatic nitrogens is 3. The van der Waals surface area contributed by atoms with Crippen LogP contribution in [0.3, 0.4) is 0 Å². The highest BCUT2D eigenvalue weighted by atomic mass is 35.6. The summed E-state index contributed by atoms with van der Waals surface area (Å²) in [6, 6.07) is 0. The molecule has 1 heterocycles. The molecular formula is C4H2Cl3N3O. The summed E-state index contributed by atoms with van der Waals surface area (Å²) in [7, 11) is 0. The molecule has 11 heavy (non-hydrogen) atoms. The average molecular weight is 214 g/mol. The van der Waals surface area contributed by atoms with Crippen molar-refractivity contribution in [3.8, 4) is 0 Å². The Balaban J connectivity index is 3.16. The standard InChI is InChI=1S/C4H2Cl3N3O/c5-4(6,7)2-8-1-9-3(11)10-2/h1H,(H,8,9,10,11). The van der Waals surface area contributed by atoms with Gasteiger partial charge in [-0.15, -0.1) is 0 Å². The molecule has 0 amide bonds. The molecule has 4 nitrogen and oxygen atoms in total. The summed E-state index contributed by atoms with van der Waals surface area (Å²) < 4.78 is -1.74. The second kappa shape index (κ2) is 2.97. The molecule has 0 aliphatic rings. The Kier molecular flexibility index (Phi) is 2.37. The normalized spacial score (nSPS) is 11.5. The van der Waals surface area contributed by atoms with E-state index in [0.29, 0.717) is 0 Å². The zero-order valence-electron chi connectivity index (χ0n) is 5.01. The summed E-state index contributed by atoms with van der Waals surface area (Å²) in [5, 5.41) is 0. The largest absolute Gasteiger partial charge is 0.347 e. The SMILES string of the molecule is O=c1nc(C(Cl)(Cl)Cl)nc[nH]1. The van der Waals surface area contributed by atoms with Gasteiger partial charge in [-0.3, -0.25) is 4.98 Å². The fraction of sp³-hybridized carbons (Fsp3) is 0.250. The van der Waals surface area contributed by atoms with Gasteiger partial charge in [0.2, 0.25) is 3.79 Å². The number of rotatable bonds is 0. The molecule has 1 N–H and O–H groups in total. The molecule has 1 aromatic rings. The predicted molar refractivity (Wildman–Crippen MR) is 41.9 cm³/mol. The van der Waals surface area contributed by atoms with E-state index in [0.717, 1.165) is 6.33 Å². The molecule has 0 aromatic carbocycles. The van der Waals surface area contributed by atoms with Crippen molar-refractivity contribution in [2.45, 2.75) is 3.79 Å². The van der Waals surface area contributed by atoms with Gasteiger partial charge in [0, 0.05) is 0 Å². The molecule has 0 aliphatic heterocycles. The Morgan fingerprint density at radius 2 is 2.09 bits per heavy atom. The molecule has 1 rings (SSSR count). The molecule has 0 saturated carbocycles. The van der Waals surface area contributed by atoms with Crippen LogP contribution >= 0.6 is 34.8 Å².